The van der Waals surface area contributed by atoms with Crippen molar-refractivity contribution in [1.82, 2.24) is 5.32 Å². The number of rotatable bonds is 4. The lowest BCUT2D eigenvalue weighted by Gasteiger charge is -2.10. The maximum atomic E-state index is 11.5. The number of hydrogen-bond acceptors (Lipinski definition) is 2. The summed E-state index contributed by atoms with van der Waals surface area (Å²) in [6.07, 6.45) is 4.74. The average molecular weight is 169 g/mol. The molecule has 0 bridgehead atoms. The zero-order valence-corrected chi connectivity index (χ0v) is 8.10. The summed E-state index contributed by atoms with van der Waals surface area (Å²) in [6.45, 7) is 4.71. The van der Waals surface area contributed by atoms with Crippen molar-refractivity contribution in [3.05, 3.63) is 0 Å². The summed E-state index contributed by atoms with van der Waals surface area (Å²) in [5.74, 6) is 0.789. The molecular weight excluding hydrogens is 150 g/mol. The first-order valence-electron chi connectivity index (χ1n) is 4.96. The normalized spacial score (nSPS) is 18.9. The molecule has 0 atom stereocenters. The highest BCUT2D eigenvalue weighted by atomic mass is 16.1. The highest BCUT2D eigenvalue weighted by Gasteiger charge is 2.21. The topological polar surface area (TPSA) is 29.1 Å². The van der Waals surface area contributed by atoms with Gasteiger partial charge >= 0.3 is 0 Å². The van der Waals surface area contributed by atoms with Gasteiger partial charge in [-0.3, -0.25) is 4.79 Å². The van der Waals surface area contributed by atoms with Gasteiger partial charge in [-0.1, -0.05) is 26.7 Å². The third-order valence-corrected chi connectivity index (χ3v) is 2.50. The van der Waals surface area contributed by atoms with Crippen molar-refractivity contribution in [1.29, 1.82) is 0 Å². The first-order valence-corrected chi connectivity index (χ1v) is 4.96. The van der Waals surface area contributed by atoms with Crippen LogP contribution in [0.2, 0.25) is 0 Å². The summed E-state index contributed by atoms with van der Waals surface area (Å²) >= 11 is 0. The maximum Gasteiger partial charge on any atom is 0.149 e. The second kappa shape index (κ2) is 4.61. The fraction of sp³-hybridized carbons (Fsp3) is 0.900. The van der Waals surface area contributed by atoms with Crippen LogP contribution in [-0.4, -0.2) is 18.4 Å². The molecule has 0 spiro atoms. The van der Waals surface area contributed by atoms with Gasteiger partial charge < -0.3 is 5.32 Å². The van der Waals surface area contributed by atoms with Crippen LogP contribution in [0.25, 0.3) is 0 Å². The predicted octanol–water partition coefficient (Wildman–Crippen LogP) is 1.74. The van der Waals surface area contributed by atoms with Gasteiger partial charge in [-0.25, -0.2) is 0 Å². The summed E-state index contributed by atoms with van der Waals surface area (Å²) in [5.41, 5.74) is 0. The van der Waals surface area contributed by atoms with Crippen molar-refractivity contribution < 1.29 is 4.79 Å². The van der Waals surface area contributed by atoms with E-state index in [9.17, 15) is 4.79 Å². The van der Waals surface area contributed by atoms with E-state index >= 15 is 0 Å². The van der Waals surface area contributed by atoms with E-state index in [2.05, 4.69) is 19.2 Å². The van der Waals surface area contributed by atoms with Gasteiger partial charge in [0, 0.05) is 12.0 Å². The van der Waals surface area contributed by atoms with Crippen molar-refractivity contribution >= 4 is 5.78 Å². The van der Waals surface area contributed by atoms with Crippen LogP contribution in [0.15, 0.2) is 0 Å². The quantitative estimate of drug-likeness (QED) is 0.694. The lowest BCUT2D eigenvalue weighted by Crippen LogP contribution is -2.32. The summed E-state index contributed by atoms with van der Waals surface area (Å²) in [6, 6.07) is 0.426. The van der Waals surface area contributed by atoms with E-state index in [1.54, 1.807) is 0 Å². The first kappa shape index (κ1) is 9.72. The van der Waals surface area contributed by atoms with Gasteiger partial charge in [-0.05, 0) is 12.8 Å². The Labute approximate surface area is 74.7 Å². The highest BCUT2D eigenvalue weighted by molar-refractivity contribution is 5.83. The van der Waals surface area contributed by atoms with E-state index in [-0.39, 0.29) is 0 Å². The van der Waals surface area contributed by atoms with Gasteiger partial charge in [0.15, 0.2) is 0 Å². The molecule has 1 aliphatic carbocycles. The zero-order valence-electron chi connectivity index (χ0n) is 8.10. The van der Waals surface area contributed by atoms with Crippen molar-refractivity contribution in [3.63, 3.8) is 0 Å². The van der Waals surface area contributed by atoms with E-state index in [0.29, 0.717) is 24.3 Å². The van der Waals surface area contributed by atoms with Crippen LogP contribution in [0.1, 0.15) is 39.5 Å². The lowest BCUT2D eigenvalue weighted by atomic mass is 10.0. The van der Waals surface area contributed by atoms with Crippen molar-refractivity contribution in [2.45, 2.75) is 45.6 Å². The molecule has 2 nitrogen and oxygen atoms in total. The standard InChI is InChI=1S/C10H19NO/c1-8(2)11-7-10(12)9-5-3-4-6-9/h8-9,11H,3-7H2,1-2H3. The Hall–Kier alpha value is -0.370. The Morgan fingerprint density at radius 1 is 1.42 bits per heavy atom. The molecule has 1 saturated carbocycles. The van der Waals surface area contributed by atoms with E-state index in [1.807, 2.05) is 0 Å². The number of Topliss-reactive ketones (excluding diaryl/α,β-unsaturated/α-hetero) is 1. The summed E-state index contributed by atoms with van der Waals surface area (Å²) in [4.78, 5) is 11.5. The minimum atomic E-state index is 0.372. The van der Waals surface area contributed by atoms with Gasteiger partial charge in [-0.2, -0.15) is 0 Å². The van der Waals surface area contributed by atoms with E-state index in [4.69, 9.17) is 0 Å². The number of hydrogen-bond donors (Lipinski definition) is 1. The molecule has 0 aliphatic heterocycles. The Morgan fingerprint density at radius 3 is 2.50 bits per heavy atom. The largest absolute Gasteiger partial charge is 0.308 e. The van der Waals surface area contributed by atoms with E-state index in [1.165, 1.54) is 12.8 Å². The molecular formula is C10H19NO. The molecule has 0 aromatic carbocycles. The lowest BCUT2D eigenvalue weighted by molar-refractivity contribution is -0.121. The van der Waals surface area contributed by atoms with Crippen LogP contribution >= 0.6 is 0 Å². The van der Waals surface area contributed by atoms with Crippen molar-refractivity contribution in [3.8, 4) is 0 Å². The second-order valence-corrected chi connectivity index (χ2v) is 3.98. The van der Waals surface area contributed by atoms with Gasteiger partial charge in [0.2, 0.25) is 0 Å². The Morgan fingerprint density at radius 2 is 2.00 bits per heavy atom. The Bertz CT molecular complexity index is 148. The molecule has 0 heterocycles. The minimum absolute atomic E-state index is 0.372. The average Bonchev–Trinajstić information content (AvgIpc) is 2.51. The fourth-order valence-electron chi connectivity index (χ4n) is 1.70. The van der Waals surface area contributed by atoms with Crippen molar-refractivity contribution in [2.75, 3.05) is 6.54 Å². The highest BCUT2D eigenvalue weighted by Crippen LogP contribution is 2.24. The molecule has 2 heteroatoms. The maximum absolute atomic E-state index is 11.5. The third-order valence-electron chi connectivity index (χ3n) is 2.50. The zero-order chi connectivity index (χ0) is 8.97. The molecule has 0 aromatic heterocycles. The van der Waals surface area contributed by atoms with Gasteiger partial charge in [0.1, 0.15) is 5.78 Å². The van der Waals surface area contributed by atoms with Crippen LogP contribution in [0.4, 0.5) is 0 Å². The van der Waals surface area contributed by atoms with Crippen LogP contribution in [0.3, 0.4) is 0 Å². The number of nitrogens with one attached hydrogen (secondary N) is 1. The molecule has 1 aliphatic rings. The molecule has 12 heavy (non-hydrogen) atoms. The van der Waals surface area contributed by atoms with Gasteiger partial charge in [0.05, 0.1) is 6.54 Å². The van der Waals surface area contributed by atoms with Crippen LogP contribution < -0.4 is 5.32 Å². The molecule has 70 valence electrons. The monoisotopic (exact) mass is 169 g/mol. The second-order valence-electron chi connectivity index (χ2n) is 3.98. The molecule has 0 unspecified atom stereocenters. The van der Waals surface area contributed by atoms with E-state index < -0.39 is 0 Å². The third kappa shape index (κ3) is 2.94. The first-order chi connectivity index (χ1) is 5.70. The molecule has 0 radical (unpaired) electrons. The van der Waals surface area contributed by atoms with Crippen LogP contribution in [0, 0.1) is 5.92 Å². The molecule has 0 aromatic rings. The number of ketones is 1. The Balaban J connectivity index is 2.18. The summed E-state index contributed by atoms with van der Waals surface area (Å²) in [7, 11) is 0. The molecule has 1 rings (SSSR count). The molecule has 0 amide bonds. The van der Waals surface area contributed by atoms with Gasteiger partial charge in [0.25, 0.3) is 0 Å². The number of carbonyl (C=O) groups excluding carboxylic acids is 1. The summed E-state index contributed by atoms with van der Waals surface area (Å²) in [5, 5.41) is 3.17. The van der Waals surface area contributed by atoms with Crippen LogP contribution in [0.5, 0.6) is 0 Å². The SMILES string of the molecule is CC(C)NCC(=O)C1CCCC1. The fourth-order valence-corrected chi connectivity index (χ4v) is 1.70. The van der Waals surface area contributed by atoms with Gasteiger partial charge in [-0.15, -0.1) is 0 Å². The smallest absolute Gasteiger partial charge is 0.149 e. The van der Waals surface area contributed by atoms with E-state index in [0.717, 1.165) is 12.8 Å². The molecule has 1 N–H and O–H groups in total. The minimum Gasteiger partial charge on any atom is -0.308 e. The van der Waals surface area contributed by atoms with Crippen LogP contribution in [-0.2, 0) is 4.79 Å². The molecule has 1 fully saturated rings. The number of carbonyl (C=O) groups is 1. The Kier molecular flexibility index (Phi) is 3.73. The van der Waals surface area contributed by atoms with Crippen molar-refractivity contribution in [2.24, 2.45) is 5.92 Å². The predicted molar refractivity (Wildman–Crippen MR) is 50.1 cm³/mol. The molecule has 0 saturated heterocycles. The summed E-state index contributed by atoms with van der Waals surface area (Å²) < 4.78 is 0.